The lowest BCUT2D eigenvalue weighted by molar-refractivity contribution is 0.0969. The molecule has 22 heavy (non-hydrogen) atoms. The zero-order valence-corrected chi connectivity index (χ0v) is 12.5. The molecule has 0 saturated heterocycles. The fourth-order valence-corrected chi connectivity index (χ4v) is 5.36. The molecule has 4 rings (SSSR count). The zero-order valence-electron chi connectivity index (χ0n) is 11.7. The fourth-order valence-electron chi connectivity index (χ4n) is 2.91. The number of halogens is 1. The number of hydrogen-bond donors (Lipinski definition) is 0. The number of Topliss-reactive ketones (excluding diaryl/α,β-unsaturated/α-hetero) is 1. The maximum absolute atomic E-state index is 13.3. The monoisotopic (exact) mass is 308 g/mol. The Kier molecular flexibility index (Phi) is 3.16. The van der Waals surface area contributed by atoms with Crippen molar-refractivity contribution in [2.24, 2.45) is 5.92 Å². The van der Waals surface area contributed by atoms with Crippen LogP contribution in [-0.4, -0.2) is 10.6 Å². The van der Waals surface area contributed by atoms with Gasteiger partial charge in [0.1, 0.15) is 5.82 Å². The third kappa shape index (κ3) is 2.01. The van der Waals surface area contributed by atoms with E-state index in [2.05, 4.69) is 0 Å². The molecule has 1 aliphatic carbocycles. The Labute approximate surface area is 130 Å². The topological polar surface area (TPSA) is 17.1 Å². The van der Waals surface area contributed by atoms with Crippen LogP contribution in [0.25, 0.3) is 0 Å². The third-order valence-electron chi connectivity index (χ3n) is 3.92. The Morgan fingerprint density at radius 1 is 0.955 bits per heavy atom. The molecule has 0 spiro atoms. The first-order chi connectivity index (χ1) is 10.8. The Bertz CT molecular complexity index is 859. The van der Waals surface area contributed by atoms with E-state index in [9.17, 15) is 9.18 Å². The summed E-state index contributed by atoms with van der Waals surface area (Å²) in [6.07, 6.45) is 7.88. The predicted molar refractivity (Wildman–Crippen MR) is 88.1 cm³/mol. The van der Waals surface area contributed by atoms with Gasteiger partial charge in [-0.1, -0.05) is 42.5 Å². The van der Waals surface area contributed by atoms with E-state index in [0.29, 0.717) is 0 Å². The predicted octanol–water partition coefficient (Wildman–Crippen LogP) is 4.62. The van der Waals surface area contributed by atoms with Crippen LogP contribution in [0.2, 0.25) is 0 Å². The van der Waals surface area contributed by atoms with Crippen molar-refractivity contribution in [1.82, 2.24) is 0 Å². The summed E-state index contributed by atoms with van der Waals surface area (Å²) in [5.74, 6) is -0.292. The van der Waals surface area contributed by atoms with Crippen molar-refractivity contribution in [2.45, 2.75) is 9.79 Å². The van der Waals surface area contributed by atoms with E-state index in [-0.39, 0.29) is 28.0 Å². The molecule has 2 atom stereocenters. The van der Waals surface area contributed by atoms with Crippen molar-refractivity contribution >= 4 is 21.1 Å². The maximum Gasteiger partial charge on any atom is 0.175 e. The van der Waals surface area contributed by atoms with Gasteiger partial charge in [0.25, 0.3) is 0 Å². The number of rotatable bonds is 1. The van der Waals surface area contributed by atoms with E-state index in [4.69, 9.17) is 0 Å². The van der Waals surface area contributed by atoms with E-state index in [1.807, 2.05) is 60.7 Å². The summed E-state index contributed by atoms with van der Waals surface area (Å²) in [5.41, 5.74) is 0.781. The molecule has 108 valence electrons. The van der Waals surface area contributed by atoms with Gasteiger partial charge in [0.05, 0.1) is 5.92 Å². The van der Waals surface area contributed by atoms with E-state index in [1.165, 1.54) is 12.1 Å². The van der Waals surface area contributed by atoms with Crippen molar-refractivity contribution in [2.75, 3.05) is 0 Å². The molecular weight excluding hydrogens is 295 g/mol. The van der Waals surface area contributed by atoms with Gasteiger partial charge in [-0.15, -0.1) is 10.5 Å². The molecule has 0 saturated carbocycles. The summed E-state index contributed by atoms with van der Waals surface area (Å²) in [6, 6.07) is 14.4. The van der Waals surface area contributed by atoms with Crippen molar-refractivity contribution in [3.8, 4) is 0 Å². The first-order valence-electron chi connectivity index (χ1n) is 7.10. The Morgan fingerprint density at radius 2 is 1.73 bits per heavy atom. The second kappa shape index (κ2) is 5.18. The first kappa shape index (κ1) is 13.4. The molecule has 0 radical (unpaired) electrons. The van der Waals surface area contributed by atoms with Crippen LogP contribution < -0.4 is 0 Å². The summed E-state index contributed by atoms with van der Waals surface area (Å²) in [5, 5.41) is 0. The lowest BCUT2D eigenvalue weighted by atomic mass is 9.91. The first-order valence-corrected chi connectivity index (χ1v) is 8.33. The van der Waals surface area contributed by atoms with Crippen LogP contribution in [0.3, 0.4) is 0 Å². The van der Waals surface area contributed by atoms with Gasteiger partial charge >= 0.3 is 0 Å². The van der Waals surface area contributed by atoms with Gasteiger partial charge in [-0.25, -0.2) is 4.39 Å². The standard InChI is InChI=1S/C19H13FOS/c20-13-9-11-14(12-10-13)22-17-7-3-1-5-15(17)19(21)16-6-2-4-8-18(16)22/h1-12,15H. The number of hydrogen-bond acceptors (Lipinski definition) is 1. The summed E-state index contributed by atoms with van der Waals surface area (Å²) in [4.78, 5) is 15.9. The minimum atomic E-state index is -0.337. The van der Waals surface area contributed by atoms with Gasteiger partial charge in [-0.05, 0) is 35.2 Å². The van der Waals surface area contributed by atoms with Crippen LogP contribution in [0.15, 0.2) is 82.6 Å². The summed E-state index contributed by atoms with van der Waals surface area (Å²) in [6.45, 7) is 0. The van der Waals surface area contributed by atoms with E-state index in [0.717, 1.165) is 20.2 Å². The number of fused-ring (bicyclic) bond motifs is 2. The second-order valence-electron chi connectivity index (χ2n) is 5.24. The number of carbonyl (C=O) groups excluding carboxylic acids is 1. The van der Waals surface area contributed by atoms with Crippen LogP contribution in [0, 0.1) is 11.7 Å². The molecule has 1 aliphatic heterocycles. The number of carbonyl (C=O) groups is 1. The lowest BCUT2D eigenvalue weighted by Gasteiger charge is -2.28. The summed E-state index contributed by atoms with van der Waals surface area (Å²) in [7, 11) is -0.337. The smallest absolute Gasteiger partial charge is 0.175 e. The molecule has 2 aromatic rings. The van der Waals surface area contributed by atoms with Crippen LogP contribution in [-0.2, 0) is 0 Å². The second-order valence-corrected chi connectivity index (χ2v) is 7.24. The molecule has 0 N–H and O–H groups in total. The van der Waals surface area contributed by atoms with Crippen LogP contribution in [0.5, 0.6) is 0 Å². The normalized spacial score (nSPS) is 22.4. The van der Waals surface area contributed by atoms with E-state index >= 15 is 0 Å². The number of allylic oxidation sites excluding steroid dienone is 4. The Morgan fingerprint density at radius 3 is 2.55 bits per heavy atom. The van der Waals surface area contributed by atoms with Gasteiger partial charge in [0.2, 0.25) is 0 Å². The molecule has 3 heteroatoms. The van der Waals surface area contributed by atoms with Crippen LogP contribution in [0.1, 0.15) is 10.4 Å². The quantitative estimate of drug-likeness (QED) is 0.702. The highest BCUT2D eigenvalue weighted by atomic mass is 32.2. The average molecular weight is 308 g/mol. The Balaban J connectivity index is 2.03. The molecule has 2 aromatic carbocycles. The molecule has 0 fully saturated rings. The third-order valence-corrected chi connectivity index (χ3v) is 6.32. The van der Waals surface area contributed by atoms with Crippen LogP contribution in [0.4, 0.5) is 4.39 Å². The van der Waals surface area contributed by atoms with Gasteiger partial charge in [-0.2, -0.15) is 0 Å². The minimum absolute atomic E-state index is 0.150. The molecular formula is C19H13FOS. The molecule has 2 aliphatic rings. The molecule has 2 unspecified atom stereocenters. The summed E-state index contributed by atoms with van der Waals surface area (Å²) < 4.78 is 13.3. The van der Waals surface area contributed by atoms with Gasteiger partial charge in [0.15, 0.2) is 5.78 Å². The van der Waals surface area contributed by atoms with Crippen LogP contribution >= 0.6 is 10.5 Å². The summed E-state index contributed by atoms with van der Waals surface area (Å²) >= 11 is 0. The van der Waals surface area contributed by atoms with Crippen molar-refractivity contribution in [3.63, 3.8) is 0 Å². The number of ketones is 1. The lowest BCUT2D eigenvalue weighted by Crippen LogP contribution is -2.27. The minimum Gasteiger partial charge on any atom is -0.293 e. The molecule has 0 bridgehead atoms. The van der Waals surface area contributed by atoms with E-state index < -0.39 is 0 Å². The van der Waals surface area contributed by atoms with Crippen molar-refractivity contribution in [3.05, 3.63) is 84.2 Å². The highest BCUT2D eigenvalue weighted by Crippen LogP contribution is 2.45. The molecule has 0 aromatic heterocycles. The maximum atomic E-state index is 13.3. The Hall–Kier alpha value is -2.26. The highest BCUT2D eigenvalue weighted by Gasteiger charge is 2.32. The molecule has 0 amide bonds. The van der Waals surface area contributed by atoms with Crippen molar-refractivity contribution in [1.29, 1.82) is 0 Å². The van der Waals surface area contributed by atoms with Gasteiger partial charge in [-0.3, -0.25) is 4.79 Å². The van der Waals surface area contributed by atoms with Gasteiger partial charge < -0.3 is 0 Å². The molecule has 1 nitrogen and oxygen atoms in total. The molecule has 1 heterocycles. The largest absolute Gasteiger partial charge is 0.293 e. The van der Waals surface area contributed by atoms with Crippen molar-refractivity contribution < 1.29 is 9.18 Å². The highest BCUT2D eigenvalue weighted by molar-refractivity contribution is 8.16. The van der Waals surface area contributed by atoms with E-state index in [1.54, 1.807) is 0 Å². The number of benzene rings is 2. The van der Waals surface area contributed by atoms with Gasteiger partial charge in [0, 0.05) is 15.4 Å². The average Bonchev–Trinajstić information content (AvgIpc) is 2.57. The SMILES string of the molecule is O=C1c2ccccc2S(c2ccc(F)cc2)=C2C=CC=CC12. The fraction of sp³-hybridized carbons (Fsp3) is 0.0526. The zero-order chi connectivity index (χ0) is 15.1.